The first kappa shape index (κ1) is 13.9. The van der Waals surface area contributed by atoms with Crippen LogP contribution in [-0.2, 0) is 25.8 Å². The van der Waals surface area contributed by atoms with Gasteiger partial charge in [0.1, 0.15) is 19.0 Å². The molecule has 5 heteroatoms. The van der Waals surface area contributed by atoms with Crippen LogP contribution in [0.2, 0.25) is 0 Å². The Kier molecular flexibility index (Phi) is 8.24. The quantitative estimate of drug-likeness (QED) is 0.468. The van der Waals surface area contributed by atoms with Gasteiger partial charge in [0.15, 0.2) is 0 Å². The largest absolute Gasteiger partial charge is 0.490 e. The number of benzene rings is 1. The molecule has 0 aliphatic carbocycles. The minimum absolute atomic E-state index is 0. The Balaban J connectivity index is 0.00000169. The summed E-state index contributed by atoms with van der Waals surface area (Å²) in [6.07, 6.45) is 0. The second-order valence-corrected chi connectivity index (χ2v) is 3.36. The van der Waals surface area contributed by atoms with Gasteiger partial charge in [-0.3, -0.25) is 0 Å². The Morgan fingerprint density at radius 1 is 1.21 bits per heavy atom. The summed E-state index contributed by atoms with van der Waals surface area (Å²) in [6.45, 7) is 0.905. The molecular weight excluding hydrogens is 399 g/mol. The Labute approximate surface area is 109 Å². The number of thiol groups is 1. The van der Waals surface area contributed by atoms with Crippen LogP contribution in [0.1, 0.15) is 0 Å². The molecule has 0 atom stereocenters. The summed E-state index contributed by atoms with van der Waals surface area (Å²) in [6, 6.07) is 9.54. The average molecular weight is 409 g/mol. The van der Waals surface area contributed by atoms with Gasteiger partial charge in [-0.15, -0.1) is 0 Å². The van der Waals surface area contributed by atoms with Crippen molar-refractivity contribution in [2.75, 3.05) is 13.2 Å². The van der Waals surface area contributed by atoms with Gasteiger partial charge in [-0.05, 0) is 24.4 Å². The molecule has 0 heterocycles. The molecular formula is C9H10O2PtS2. The molecule has 2 nitrogen and oxygen atoms in total. The van der Waals surface area contributed by atoms with Crippen LogP contribution < -0.4 is 4.74 Å². The summed E-state index contributed by atoms with van der Waals surface area (Å²) in [4.78, 5) is 0. The van der Waals surface area contributed by atoms with Crippen molar-refractivity contribution in [1.82, 2.24) is 0 Å². The average Bonchev–Trinajstić information content (AvgIpc) is 2.14. The molecule has 1 aromatic carbocycles. The zero-order valence-electron chi connectivity index (χ0n) is 7.29. The molecule has 80 valence electrons. The van der Waals surface area contributed by atoms with E-state index in [-0.39, 0.29) is 25.4 Å². The van der Waals surface area contributed by atoms with Crippen LogP contribution in [0.4, 0.5) is 0 Å². The fourth-order valence-electron chi connectivity index (χ4n) is 0.805. The first-order valence-electron chi connectivity index (χ1n) is 3.82. The van der Waals surface area contributed by atoms with Crippen molar-refractivity contribution in [2.24, 2.45) is 0 Å². The Bertz CT molecular complexity index is 267. The number of hydrogen-bond acceptors (Lipinski definition) is 3. The fourth-order valence-corrected chi connectivity index (χ4v) is 0.980. The van der Waals surface area contributed by atoms with E-state index in [1.165, 1.54) is 0 Å². The smallest absolute Gasteiger partial charge is 0.216 e. The summed E-state index contributed by atoms with van der Waals surface area (Å²) in [5, 5.41) is 0. The second-order valence-electron chi connectivity index (χ2n) is 2.28. The molecule has 1 aromatic rings. The van der Waals surface area contributed by atoms with E-state index in [9.17, 15) is 0 Å². The van der Waals surface area contributed by atoms with Gasteiger partial charge in [-0.1, -0.05) is 30.8 Å². The molecule has 0 fully saturated rings. The van der Waals surface area contributed by atoms with E-state index in [0.29, 0.717) is 13.2 Å². The standard InChI is InChI=1S/C9H10O2S2.Pt/c12-9(13)11-7-6-10-8-4-2-1-3-5-8;/h1-5H,6-7H2,(H,12,13);. The van der Waals surface area contributed by atoms with Crippen molar-refractivity contribution in [2.45, 2.75) is 0 Å². The van der Waals surface area contributed by atoms with Crippen LogP contribution in [0.5, 0.6) is 5.75 Å². The first-order chi connectivity index (χ1) is 6.29. The maximum Gasteiger partial charge on any atom is 0.216 e. The van der Waals surface area contributed by atoms with E-state index in [1.54, 1.807) is 0 Å². The van der Waals surface area contributed by atoms with E-state index < -0.39 is 0 Å². The predicted molar refractivity (Wildman–Crippen MR) is 59.5 cm³/mol. The number of rotatable bonds is 4. The van der Waals surface area contributed by atoms with Crippen LogP contribution in [-0.4, -0.2) is 17.6 Å². The van der Waals surface area contributed by atoms with Crippen molar-refractivity contribution in [3.8, 4) is 5.75 Å². The van der Waals surface area contributed by atoms with Crippen molar-refractivity contribution in [1.29, 1.82) is 0 Å². The zero-order chi connectivity index (χ0) is 9.52. The zero-order valence-corrected chi connectivity index (χ0v) is 11.3. The first-order valence-corrected chi connectivity index (χ1v) is 4.68. The summed E-state index contributed by atoms with van der Waals surface area (Å²) in [5.74, 6) is 0.830. The summed E-state index contributed by atoms with van der Waals surface area (Å²) < 4.78 is 10.5. The molecule has 0 saturated carbocycles. The molecule has 0 saturated heterocycles. The van der Waals surface area contributed by atoms with Gasteiger partial charge in [-0.25, -0.2) is 0 Å². The Morgan fingerprint density at radius 3 is 2.43 bits per heavy atom. The molecule has 0 N–H and O–H groups in total. The molecule has 0 aromatic heterocycles. The maximum atomic E-state index is 5.34. The third-order valence-corrected chi connectivity index (χ3v) is 1.57. The van der Waals surface area contributed by atoms with E-state index in [4.69, 9.17) is 9.47 Å². The number of hydrogen-bond donors (Lipinski definition) is 1. The third-order valence-electron chi connectivity index (χ3n) is 1.32. The van der Waals surface area contributed by atoms with Gasteiger partial charge in [0.05, 0.1) is 0 Å². The van der Waals surface area contributed by atoms with Crippen molar-refractivity contribution >= 4 is 29.2 Å². The SMILES string of the molecule is S=C(S)OCCOc1ccccc1.[Pt]. The van der Waals surface area contributed by atoms with E-state index in [1.807, 2.05) is 30.3 Å². The minimum Gasteiger partial charge on any atom is -0.490 e. The van der Waals surface area contributed by atoms with E-state index >= 15 is 0 Å². The van der Waals surface area contributed by atoms with Crippen molar-refractivity contribution in [3.05, 3.63) is 30.3 Å². The molecule has 0 amide bonds. The van der Waals surface area contributed by atoms with Gasteiger partial charge in [-0.2, -0.15) is 0 Å². The van der Waals surface area contributed by atoms with Crippen molar-refractivity contribution in [3.63, 3.8) is 0 Å². The monoisotopic (exact) mass is 409 g/mol. The van der Waals surface area contributed by atoms with Crippen LogP contribution in [0.25, 0.3) is 0 Å². The topological polar surface area (TPSA) is 18.5 Å². The number of thiocarbonyl (C=S) groups is 1. The van der Waals surface area contributed by atoms with Gasteiger partial charge in [0.2, 0.25) is 4.38 Å². The summed E-state index contributed by atoms with van der Waals surface area (Å²) in [5.41, 5.74) is 0. The summed E-state index contributed by atoms with van der Waals surface area (Å²) in [7, 11) is 0. The molecule has 14 heavy (non-hydrogen) atoms. The van der Waals surface area contributed by atoms with Gasteiger partial charge < -0.3 is 9.47 Å². The van der Waals surface area contributed by atoms with Crippen LogP contribution >= 0.6 is 24.8 Å². The summed E-state index contributed by atoms with van der Waals surface area (Å²) >= 11 is 8.42. The molecule has 1 rings (SSSR count). The molecule has 0 aliphatic rings. The normalized spacial score (nSPS) is 8.64. The van der Waals surface area contributed by atoms with Crippen LogP contribution in [0, 0.1) is 0 Å². The minimum atomic E-state index is 0. The molecule has 0 unspecified atom stereocenters. The third kappa shape index (κ3) is 6.41. The van der Waals surface area contributed by atoms with Crippen LogP contribution in [0.3, 0.4) is 0 Å². The molecule has 0 radical (unpaired) electrons. The molecule has 0 spiro atoms. The van der Waals surface area contributed by atoms with Gasteiger partial charge in [0, 0.05) is 21.1 Å². The van der Waals surface area contributed by atoms with E-state index in [0.717, 1.165) is 5.75 Å². The molecule has 0 aliphatic heterocycles. The number of ether oxygens (including phenoxy) is 2. The van der Waals surface area contributed by atoms with Gasteiger partial charge >= 0.3 is 0 Å². The molecule has 0 bridgehead atoms. The second kappa shape index (κ2) is 8.27. The Morgan fingerprint density at radius 2 is 1.86 bits per heavy atom. The van der Waals surface area contributed by atoms with Crippen molar-refractivity contribution < 1.29 is 30.5 Å². The predicted octanol–water partition coefficient (Wildman–Crippen LogP) is 2.29. The number of para-hydroxylation sites is 1. The van der Waals surface area contributed by atoms with E-state index in [2.05, 4.69) is 24.8 Å². The maximum absolute atomic E-state index is 5.34. The Hall–Kier alpha value is -0.0517. The fraction of sp³-hybridized carbons (Fsp3) is 0.222. The van der Waals surface area contributed by atoms with Gasteiger partial charge in [0.25, 0.3) is 0 Å². The van der Waals surface area contributed by atoms with Crippen LogP contribution in [0.15, 0.2) is 30.3 Å².